The third-order valence-electron chi connectivity index (χ3n) is 6.42. The van der Waals surface area contributed by atoms with Gasteiger partial charge in [0.1, 0.15) is 0 Å². The first kappa shape index (κ1) is 31.3. The van der Waals surface area contributed by atoms with Crippen molar-refractivity contribution in [2.24, 2.45) is 0 Å². The Bertz CT molecular complexity index is 1120. The number of nitrogens with zero attached hydrogens (tertiary/aromatic N) is 2. The van der Waals surface area contributed by atoms with Crippen LogP contribution < -0.4 is 4.90 Å². The lowest BCUT2D eigenvalue weighted by Gasteiger charge is -2.25. The molecule has 0 spiro atoms. The smallest absolute Gasteiger partial charge is 0.226 e. The van der Waals surface area contributed by atoms with Gasteiger partial charge in [0.2, 0.25) is 5.91 Å². The van der Waals surface area contributed by atoms with Crippen LogP contribution in [-0.4, -0.2) is 66.1 Å². The lowest BCUT2D eigenvalue weighted by Crippen LogP contribution is -2.29. The van der Waals surface area contributed by atoms with E-state index in [4.69, 9.17) is 16.7 Å². The first-order valence-electron chi connectivity index (χ1n) is 13.1. The summed E-state index contributed by atoms with van der Waals surface area (Å²) >= 11 is 6.27. The van der Waals surface area contributed by atoms with Crippen molar-refractivity contribution in [2.45, 2.75) is 39.5 Å². The number of aliphatic hydroxyl groups excluding tert-OH is 3. The van der Waals surface area contributed by atoms with E-state index in [1.165, 1.54) is 0 Å². The van der Waals surface area contributed by atoms with Crippen LogP contribution in [-0.2, 0) is 4.79 Å². The quantitative estimate of drug-likeness (QED) is 0.385. The van der Waals surface area contributed by atoms with E-state index in [9.17, 15) is 15.0 Å². The molecule has 0 aromatic heterocycles. The average molecular weight is 541 g/mol. The fourth-order valence-corrected chi connectivity index (χ4v) is 4.71. The first-order chi connectivity index (χ1) is 18.3. The lowest BCUT2D eigenvalue weighted by atomic mass is 9.82. The number of carbonyl (C=O) groups is 1. The summed E-state index contributed by atoms with van der Waals surface area (Å²) in [4.78, 5) is 15.8. The van der Waals surface area contributed by atoms with Crippen molar-refractivity contribution in [2.75, 3.05) is 44.9 Å². The molecule has 0 heterocycles. The molecular weight excluding hydrogens is 500 g/mol. The van der Waals surface area contributed by atoms with E-state index in [0.29, 0.717) is 24.5 Å². The topological polar surface area (TPSA) is 84.2 Å². The number of hydrogen-bond acceptors (Lipinski definition) is 5. The molecule has 0 aliphatic heterocycles. The summed E-state index contributed by atoms with van der Waals surface area (Å²) in [6, 6.07) is 14.1. The molecule has 0 fully saturated rings. The Balaban J connectivity index is 0.00000161. The minimum absolute atomic E-state index is 0.0236. The Morgan fingerprint density at radius 2 is 1.63 bits per heavy atom. The van der Waals surface area contributed by atoms with Gasteiger partial charge >= 0.3 is 0 Å². The van der Waals surface area contributed by atoms with Crippen LogP contribution in [0, 0.1) is 6.92 Å². The molecule has 0 saturated heterocycles. The second-order valence-electron chi connectivity index (χ2n) is 9.01. The number of rotatable bonds is 10. The van der Waals surface area contributed by atoms with Crippen molar-refractivity contribution in [3.63, 3.8) is 0 Å². The minimum Gasteiger partial charge on any atom is -0.397 e. The molecule has 38 heavy (non-hydrogen) atoms. The molecule has 1 amide bonds. The molecule has 1 aliphatic carbocycles. The number of aryl methyl sites for hydroxylation is 1. The van der Waals surface area contributed by atoms with E-state index in [2.05, 4.69) is 49.4 Å². The largest absolute Gasteiger partial charge is 0.397 e. The molecule has 1 atom stereocenters. The van der Waals surface area contributed by atoms with Crippen LogP contribution in [0.2, 0.25) is 5.02 Å². The molecule has 0 bridgehead atoms. The second-order valence-corrected chi connectivity index (χ2v) is 9.45. The summed E-state index contributed by atoms with van der Waals surface area (Å²) in [7, 11) is 1.80. The molecule has 3 rings (SSSR count). The van der Waals surface area contributed by atoms with Gasteiger partial charge in [-0.15, -0.1) is 0 Å². The Morgan fingerprint density at radius 3 is 2.18 bits per heavy atom. The van der Waals surface area contributed by atoms with Crippen LogP contribution in [0.4, 0.5) is 5.69 Å². The molecule has 6 nitrogen and oxygen atoms in total. The van der Waals surface area contributed by atoms with Gasteiger partial charge in [0.15, 0.2) is 0 Å². The normalized spacial score (nSPS) is 13.5. The fourth-order valence-electron chi connectivity index (χ4n) is 4.49. The Hall–Kier alpha value is -2.90. The van der Waals surface area contributed by atoms with Crippen molar-refractivity contribution in [3.05, 3.63) is 99.8 Å². The van der Waals surface area contributed by atoms with Crippen molar-refractivity contribution in [3.8, 4) is 0 Å². The SMILES string of the molecule is CCC(=O)N(C)c1ccc(C(C2=CC=C(N(CCO)CCO)CC=C2)c2ccc(Cl)cc2C)cc1.CCO. The summed E-state index contributed by atoms with van der Waals surface area (Å²) in [5, 5.41) is 27.2. The van der Waals surface area contributed by atoms with Crippen molar-refractivity contribution < 1.29 is 20.1 Å². The maximum Gasteiger partial charge on any atom is 0.226 e. The molecular formula is C31H41ClN2O4. The molecule has 0 radical (unpaired) electrons. The number of anilines is 1. The number of carbonyl (C=O) groups excluding carboxylic acids is 1. The van der Waals surface area contributed by atoms with Crippen LogP contribution in [0.1, 0.15) is 49.3 Å². The highest BCUT2D eigenvalue weighted by Gasteiger charge is 2.21. The number of allylic oxidation sites excluding steroid dienone is 5. The first-order valence-corrected chi connectivity index (χ1v) is 13.5. The number of benzene rings is 2. The fraction of sp³-hybridized carbons (Fsp3) is 0.387. The monoisotopic (exact) mass is 540 g/mol. The maximum absolute atomic E-state index is 12.1. The van der Waals surface area contributed by atoms with E-state index in [1.54, 1.807) is 18.9 Å². The highest BCUT2D eigenvalue weighted by molar-refractivity contribution is 6.30. The van der Waals surface area contributed by atoms with Crippen LogP contribution in [0.15, 0.2) is 78.0 Å². The average Bonchev–Trinajstić information content (AvgIpc) is 3.16. The molecule has 2 aromatic rings. The van der Waals surface area contributed by atoms with Crippen molar-refractivity contribution >= 4 is 23.2 Å². The predicted octanol–water partition coefficient (Wildman–Crippen LogP) is 5.21. The van der Waals surface area contributed by atoms with Gasteiger partial charge in [-0.2, -0.15) is 0 Å². The van der Waals surface area contributed by atoms with Crippen LogP contribution in [0.25, 0.3) is 0 Å². The van der Waals surface area contributed by atoms with Crippen LogP contribution in [0.5, 0.6) is 0 Å². The zero-order valence-electron chi connectivity index (χ0n) is 22.9. The number of hydrogen-bond donors (Lipinski definition) is 3. The lowest BCUT2D eigenvalue weighted by molar-refractivity contribution is -0.118. The van der Waals surface area contributed by atoms with E-state index in [-0.39, 0.29) is 31.6 Å². The van der Waals surface area contributed by atoms with Gasteiger partial charge in [0, 0.05) is 61.9 Å². The highest BCUT2D eigenvalue weighted by Crippen LogP contribution is 2.37. The summed E-state index contributed by atoms with van der Waals surface area (Å²) in [5.41, 5.74) is 6.44. The molecule has 206 valence electrons. The number of halogens is 1. The minimum atomic E-state index is -0.0236. The van der Waals surface area contributed by atoms with Gasteiger partial charge in [0.05, 0.1) is 13.2 Å². The molecule has 7 heteroatoms. The van der Waals surface area contributed by atoms with E-state index in [0.717, 1.165) is 40.1 Å². The summed E-state index contributed by atoms with van der Waals surface area (Å²) in [6.45, 7) is 6.89. The van der Waals surface area contributed by atoms with Gasteiger partial charge in [-0.25, -0.2) is 0 Å². The molecule has 0 saturated carbocycles. The van der Waals surface area contributed by atoms with E-state index >= 15 is 0 Å². The van der Waals surface area contributed by atoms with E-state index < -0.39 is 0 Å². The Labute approximate surface area is 232 Å². The van der Waals surface area contributed by atoms with Crippen molar-refractivity contribution in [1.29, 1.82) is 0 Å². The molecule has 1 aliphatic rings. The highest BCUT2D eigenvalue weighted by atomic mass is 35.5. The van der Waals surface area contributed by atoms with Gasteiger partial charge < -0.3 is 25.1 Å². The number of aliphatic hydroxyl groups is 3. The Kier molecular flexibility index (Phi) is 13.3. The van der Waals surface area contributed by atoms with Gasteiger partial charge in [-0.3, -0.25) is 4.79 Å². The van der Waals surface area contributed by atoms with Gasteiger partial charge in [-0.1, -0.05) is 55.0 Å². The second kappa shape index (κ2) is 16.1. The van der Waals surface area contributed by atoms with Gasteiger partial charge in [-0.05, 0) is 66.5 Å². The van der Waals surface area contributed by atoms with Crippen molar-refractivity contribution in [1.82, 2.24) is 4.90 Å². The van der Waals surface area contributed by atoms with Crippen LogP contribution >= 0.6 is 11.6 Å². The van der Waals surface area contributed by atoms with Gasteiger partial charge in [0.25, 0.3) is 0 Å². The molecule has 2 aromatic carbocycles. The van der Waals surface area contributed by atoms with Crippen LogP contribution in [0.3, 0.4) is 0 Å². The standard InChI is InChI=1S/C29H35ClN2O3.C2H6O/c1-4-28(35)31(3)25-12-8-23(9-13-25)29(27-15-11-24(30)20-21(27)2)22-6-5-7-26(14-10-22)32(16-18-33)17-19-34;1-2-3/h5-6,8-15,20,29,33-34H,4,7,16-19H2,1-3H3;3H,2H2,1H3. The molecule has 1 unspecified atom stereocenters. The summed E-state index contributed by atoms with van der Waals surface area (Å²) < 4.78 is 0. The summed E-state index contributed by atoms with van der Waals surface area (Å²) in [6.07, 6.45) is 9.67. The zero-order valence-corrected chi connectivity index (χ0v) is 23.7. The van der Waals surface area contributed by atoms with E-state index in [1.807, 2.05) is 36.1 Å². The zero-order chi connectivity index (χ0) is 28.1. The third kappa shape index (κ3) is 8.57. The third-order valence-corrected chi connectivity index (χ3v) is 6.65. The number of amides is 1. The summed E-state index contributed by atoms with van der Waals surface area (Å²) in [5.74, 6) is 0.0507. The maximum atomic E-state index is 12.1. The molecule has 3 N–H and O–H groups in total. The predicted molar refractivity (Wildman–Crippen MR) is 157 cm³/mol. The Morgan fingerprint density at radius 1 is 1.00 bits per heavy atom.